The Morgan fingerprint density at radius 1 is 1.47 bits per heavy atom. The third kappa shape index (κ3) is 2.61. The number of aryl methyl sites for hydroxylation is 1. The molecule has 0 spiro atoms. The van der Waals surface area contributed by atoms with Crippen molar-refractivity contribution in [2.24, 2.45) is 11.3 Å². The minimum Gasteiger partial charge on any atom is -0.334 e. The van der Waals surface area contributed by atoms with Crippen molar-refractivity contribution in [1.29, 1.82) is 0 Å². The zero-order valence-electron chi connectivity index (χ0n) is 10.4. The van der Waals surface area contributed by atoms with Gasteiger partial charge in [-0.2, -0.15) is 0 Å². The Balaban J connectivity index is 2.16. The Hall–Kier alpha value is -0.790. The number of fused-ring (bicyclic) bond motifs is 1. The second-order valence-corrected chi connectivity index (χ2v) is 6.18. The van der Waals surface area contributed by atoms with Gasteiger partial charge in [-0.25, -0.2) is 4.98 Å². The second-order valence-electron chi connectivity index (χ2n) is 6.18. The Morgan fingerprint density at radius 3 is 2.87 bits per heavy atom. The molecular weight excluding hydrogens is 184 g/mol. The van der Waals surface area contributed by atoms with Gasteiger partial charge < -0.3 is 4.57 Å². The van der Waals surface area contributed by atoms with E-state index < -0.39 is 0 Å². The van der Waals surface area contributed by atoms with Gasteiger partial charge in [0.2, 0.25) is 0 Å². The average Bonchev–Trinajstić information content (AvgIpc) is 2.42. The van der Waals surface area contributed by atoms with Crippen molar-refractivity contribution in [3.8, 4) is 0 Å². The van der Waals surface area contributed by atoms with Crippen LogP contribution >= 0.6 is 0 Å². The summed E-state index contributed by atoms with van der Waals surface area (Å²) >= 11 is 0. The molecule has 15 heavy (non-hydrogen) atoms. The third-order valence-electron chi connectivity index (χ3n) is 2.99. The van der Waals surface area contributed by atoms with E-state index in [0.29, 0.717) is 5.41 Å². The number of hydrogen-bond donors (Lipinski definition) is 0. The Morgan fingerprint density at radius 2 is 2.20 bits per heavy atom. The molecule has 2 heterocycles. The number of imidazole rings is 1. The Bertz CT molecular complexity index is 344. The Kier molecular flexibility index (Phi) is 2.61. The van der Waals surface area contributed by atoms with Gasteiger partial charge in [-0.3, -0.25) is 0 Å². The summed E-state index contributed by atoms with van der Waals surface area (Å²) in [4.78, 5) is 4.73. The molecule has 2 nitrogen and oxygen atoms in total. The predicted octanol–water partition coefficient (Wildman–Crippen LogP) is 3.05. The van der Waals surface area contributed by atoms with Gasteiger partial charge in [0.15, 0.2) is 0 Å². The highest BCUT2D eigenvalue weighted by molar-refractivity contribution is 5.08. The van der Waals surface area contributed by atoms with E-state index in [1.807, 2.05) is 0 Å². The molecule has 0 amide bonds. The van der Waals surface area contributed by atoms with Crippen LogP contribution in [0.4, 0.5) is 0 Å². The van der Waals surface area contributed by atoms with E-state index in [1.165, 1.54) is 17.9 Å². The molecule has 0 saturated carbocycles. The molecule has 0 N–H and O–H groups in total. The number of aromatic nitrogens is 2. The van der Waals surface area contributed by atoms with E-state index in [4.69, 9.17) is 4.98 Å². The minimum absolute atomic E-state index is 0.343. The van der Waals surface area contributed by atoms with E-state index in [1.54, 1.807) is 0 Å². The second kappa shape index (κ2) is 3.66. The summed E-state index contributed by atoms with van der Waals surface area (Å²) in [7, 11) is 0. The van der Waals surface area contributed by atoms with Crippen LogP contribution in [0.2, 0.25) is 0 Å². The van der Waals surface area contributed by atoms with Crippen LogP contribution in [0.15, 0.2) is 6.20 Å². The normalized spacial score (nSPS) is 21.5. The van der Waals surface area contributed by atoms with Gasteiger partial charge in [0.05, 0.1) is 5.69 Å². The van der Waals surface area contributed by atoms with Crippen LogP contribution in [0, 0.1) is 11.3 Å². The summed E-state index contributed by atoms with van der Waals surface area (Å²) in [5, 5.41) is 0. The molecule has 2 heteroatoms. The minimum atomic E-state index is 0.343. The number of rotatable bonds is 1. The highest BCUT2D eigenvalue weighted by Crippen LogP contribution is 2.23. The molecule has 0 aromatic carbocycles. The fourth-order valence-corrected chi connectivity index (χ4v) is 2.30. The molecule has 1 unspecified atom stereocenters. The summed E-state index contributed by atoms with van der Waals surface area (Å²) < 4.78 is 2.36. The lowest BCUT2D eigenvalue weighted by atomic mass is 9.91. The molecule has 1 aliphatic heterocycles. The van der Waals surface area contributed by atoms with Gasteiger partial charge in [-0.15, -0.1) is 0 Å². The van der Waals surface area contributed by atoms with Crippen LogP contribution in [0.3, 0.4) is 0 Å². The molecule has 0 aliphatic carbocycles. The van der Waals surface area contributed by atoms with Crippen molar-refractivity contribution in [3.05, 3.63) is 17.7 Å². The number of hydrogen-bond acceptors (Lipinski definition) is 1. The van der Waals surface area contributed by atoms with E-state index in [0.717, 1.165) is 25.3 Å². The van der Waals surface area contributed by atoms with Crippen molar-refractivity contribution < 1.29 is 0 Å². The van der Waals surface area contributed by atoms with E-state index >= 15 is 0 Å². The van der Waals surface area contributed by atoms with Gasteiger partial charge in [-0.1, -0.05) is 27.7 Å². The van der Waals surface area contributed by atoms with Gasteiger partial charge >= 0.3 is 0 Å². The zero-order chi connectivity index (χ0) is 11.1. The lowest BCUT2D eigenvalue weighted by molar-refractivity contribution is 0.394. The summed E-state index contributed by atoms with van der Waals surface area (Å²) in [6, 6.07) is 0. The van der Waals surface area contributed by atoms with Crippen LogP contribution in [-0.2, 0) is 19.4 Å². The highest BCUT2D eigenvalue weighted by atomic mass is 15.1. The lowest BCUT2D eigenvalue weighted by Gasteiger charge is -2.19. The maximum atomic E-state index is 4.73. The van der Waals surface area contributed by atoms with Crippen LogP contribution in [0.25, 0.3) is 0 Å². The highest BCUT2D eigenvalue weighted by Gasteiger charge is 2.19. The van der Waals surface area contributed by atoms with Crippen LogP contribution in [0.5, 0.6) is 0 Å². The average molecular weight is 206 g/mol. The standard InChI is InChI=1S/C13H22N2/c1-10-5-6-12-14-11(7-13(2,3)4)9-15(12)8-10/h9-10H,5-8H2,1-4H3. The first kappa shape index (κ1) is 10.7. The van der Waals surface area contributed by atoms with Crippen molar-refractivity contribution in [3.63, 3.8) is 0 Å². The van der Waals surface area contributed by atoms with Crippen molar-refractivity contribution >= 4 is 0 Å². The smallest absolute Gasteiger partial charge is 0.108 e. The zero-order valence-corrected chi connectivity index (χ0v) is 10.4. The molecule has 0 fully saturated rings. The predicted molar refractivity (Wildman–Crippen MR) is 62.9 cm³/mol. The first-order valence-electron chi connectivity index (χ1n) is 5.99. The molecule has 2 rings (SSSR count). The maximum absolute atomic E-state index is 4.73. The van der Waals surface area contributed by atoms with Gasteiger partial charge in [0.1, 0.15) is 5.82 Å². The SMILES string of the molecule is CC1CCc2nc(CC(C)(C)C)cn2C1. The largest absolute Gasteiger partial charge is 0.334 e. The topological polar surface area (TPSA) is 17.8 Å². The van der Waals surface area contributed by atoms with Crippen LogP contribution < -0.4 is 0 Å². The van der Waals surface area contributed by atoms with E-state index in [9.17, 15) is 0 Å². The molecule has 0 saturated heterocycles. The van der Waals surface area contributed by atoms with Gasteiger partial charge in [0.25, 0.3) is 0 Å². The monoisotopic (exact) mass is 206 g/mol. The maximum Gasteiger partial charge on any atom is 0.108 e. The first-order chi connectivity index (χ1) is 6.94. The quantitative estimate of drug-likeness (QED) is 0.690. The van der Waals surface area contributed by atoms with Crippen LogP contribution in [-0.4, -0.2) is 9.55 Å². The van der Waals surface area contributed by atoms with Crippen molar-refractivity contribution in [1.82, 2.24) is 9.55 Å². The summed E-state index contributed by atoms with van der Waals surface area (Å²) in [6.45, 7) is 10.3. The Labute approximate surface area is 92.7 Å². The molecule has 84 valence electrons. The fourth-order valence-electron chi connectivity index (χ4n) is 2.30. The van der Waals surface area contributed by atoms with Crippen LogP contribution in [0.1, 0.15) is 45.6 Å². The van der Waals surface area contributed by atoms with E-state index in [-0.39, 0.29) is 0 Å². The summed E-state index contributed by atoms with van der Waals surface area (Å²) in [6.07, 6.45) is 5.80. The fraction of sp³-hybridized carbons (Fsp3) is 0.769. The molecule has 0 radical (unpaired) electrons. The molecular formula is C13H22N2. The molecule has 1 aromatic heterocycles. The molecule has 1 atom stereocenters. The number of nitrogens with zero attached hydrogens (tertiary/aromatic N) is 2. The molecule has 1 aliphatic rings. The van der Waals surface area contributed by atoms with Crippen molar-refractivity contribution in [2.75, 3.05) is 0 Å². The summed E-state index contributed by atoms with van der Waals surface area (Å²) in [5.41, 5.74) is 1.61. The van der Waals surface area contributed by atoms with Gasteiger partial charge in [0, 0.05) is 19.2 Å². The first-order valence-corrected chi connectivity index (χ1v) is 5.99. The van der Waals surface area contributed by atoms with Gasteiger partial charge in [-0.05, 0) is 24.2 Å². The molecule has 0 bridgehead atoms. The van der Waals surface area contributed by atoms with Crippen molar-refractivity contribution in [2.45, 2.75) is 53.5 Å². The third-order valence-corrected chi connectivity index (χ3v) is 2.99. The summed E-state index contributed by atoms with van der Waals surface area (Å²) in [5.74, 6) is 2.11. The van der Waals surface area contributed by atoms with E-state index in [2.05, 4.69) is 38.5 Å². The lowest BCUT2D eigenvalue weighted by Crippen LogP contribution is -2.17. The molecule has 1 aromatic rings.